The van der Waals surface area contributed by atoms with Gasteiger partial charge in [-0.05, 0) is 73.3 Å². The highest BCUT2D eigenvalue weighted by molar-refractivity contribution is 5.92. The van der Waals surface area contributed by atoms with E-state index < -0.39 is 17.0 Å². The first-order valence-electron chi connectivity index (χ1n) is 9.91. The van der Waals surface area contributed by atoms with Crippen LogP contribution in [0.5, 0.6) is 0 Å². The average Bonchev–Trinajstić information content (AvgIpc) is 2.88. The highest BCUT2D eigenvalue weighted by atomic mass is 16.5. The van der Waals surface area contributed by atoms with E-state index in [1.807, 2.05) is 6.08 Å². The Hall–Kier alpha value is -1.42. The van der Waals surface area contributed by atoms with Crippen LogP contribution < -0.4 is 0 Å². The number of hydrogen-bond donors (Lipinski definition) is 1. The second kappa shape index (κ2) is 5.54. The van der Waals surface area contributed by atoms with Gasteiger partial charge in [-0.15, -0.1) is 0 Å². The molecule has 0 spiro atoms. The van der Waals surface area contributed by atoms with E-state index in [1.54, 1.807) is 0 Å². The summed E-state index contributed by atoms with van der Waals surface area (Å²) in [6, 6.07) is 0. The molecule has 26 heavy (non-hydrogen) atoms. The van der Waals surface area contributed by atoms with E-state index in [0.717, 1.165) is 37.7 Å². The number of ketones is 1. The van der Waals surface area contributed by atoms with E-state index in [-0.39, 0.29) is 17.1 Å². The first-order valence-corrected chi connectivity index (χ1v) is 9.91. The first kappa shape index (κ1) is 18.0. The Kier molecular flexibility index (Phi) is 3.83. The van der Waals surface area contributed by atoms with Crippen LogP contribution >= 0.6 is 0 Å². The molecule has 0 aromatic carbocycles. The number of ether oxygens (including phenoxy) is 1. The molecule has 0 saturated heterocycles. The Bertz CT molecular complexity index is 722. The molecule has 0 aromatic rings. The largest absolute Gasteiger partial charge is 0.467 e. The highest BCUT2D eigenvalue weighted by Gasteiger charge is 2.67. The lowest BCUT2D eigenvalue weighted by Crippen LogP contribution is -2.58. The molecule has 4 heteroatoms. The summed E-state index contributed by atoms with van der Waals surface area (Å²) in [6.07, 6.45) is 7.36. The molecule has 0 radical (unpaired) electrons. The summed E-state index contributed by atoms with van der Waals surface area (Å²) in [4.78, 5) is 24.4. The number of aliphatic hydroxyl groups is 1. The van der Waals surface area contributed by atoms with Crippen LogP contribution in [0.1, 0.15) is 58.8 Å². The van der Waals surface area contributed by atoms with Crippen LogP contribution in [0.4, 0.5) is 0 Å². The van der Waals surface area contributed by atoms with Gasteiger partial charge in [0.05, 0.1) is 7.11 Å². The number of allylic oxidation sites excluding steroid dienone is 2. The smallest absolute Gasteiger partial charge is 0.338 e. The van der Waals surface area contributed by atoms with Crippen molar-refractivity contribution >= 4 is 11.8 Å². The monoisotopic (exact) mass is 358 g/mol. The van der Waals surface area contributed by atoms with Gasteiger partial charge < -0.3 is 9.84 Å². The predicted molar refractivity (Wildman–Crippen MR) is 98.2 cm³/mol. The van der Waals surface area contributed by atoms with Gasteiger partial charge in [-0.2, -0.15) is 0 Å². The van der Waals surface area contributed by atoms with Crippen LogP contribution in [0.3, 0.4) is 0 Å². The number of esters is 1. The Morgan fingerprint density at radius 2 is 1.92 bits per heavy atom. The topological polar surface area (TPSA) is 63.6 Å². The zero-order valence-corrected chi connectivity index (χ0v) is 16.1. The third kappa shape index (κ3) is 2.05. The fourth-order valence-electron chi connectivity index (χ4n) is 7.08. The minimum absolute atomic E-state index is 0.00120. The van der Waals surface area contributed by atoms with Gasteiger partial charge in [0.15, 0.2) is 11.4 Å². The van der Waals surface area contributed by atoms with Crippen molar-refractivity contribution in [1.82, 2.24) is 0 Å². The molecule has 0 heterocycles. The van der Waals surface area contributed by atoms with E-state index in [1.165, 1.54) is 12.7 Å². The maximum absolute atomic E-state index is 12.4. The van der Waals surface area contributed by atoms with Gasteiger partial charge in [-0.1, -0.05) is 26.0 Å². The number of carbonyl (C=O) groups is 2. The van der Waals surface area contributed by atoms with E-state index in [9.17, 15) is 14.7 Å². The number of carbonyl (C=O) groups excluding carboxylic acids is 2. The second-order valence-corrected chi connectivity index (χ2v) is 9.47. The van der Waals surface area contributed by atoms with E-state index >= 15 is 0 Å². The summed E-state index contributed by atoms with van der Waals surface area (Å²) >= 11 is 0. The lowest BCUT2D eigenvalue weighted by Gasteiger charge is -2.59. The molecular formula is C22H30O4. The molecule has 4 rings (SSSR count). The predicted octanol–water partition coefficient (Wildman–Crippen LogP) is 3.59. The fourth-order valence-corrected chi connectivity index (χ4v) is 7.08. The lowest BCUT2D eigenvalue weighted by atomic mass is 9.46. The van der Waals surface area contributed by atoms with Crippen molar-refractivity contribution in [2.75, 3.05) is 7.11 Å². The highest BCUT2D eigenvalue weighted by Crippen LogP contribution is 2.68. The van der Waals surface area contributed by atoms with Crippen LogP contribution in [0, 0.1) is 28.6 Å². The Morgan fingerprint density at radius 3 is 2.62 bits per heavy atom. The maximum Gasteiger partial charge on any atom is 0.338 e. The van der Waals surface area contributed by atoms with Crippen molar-refractivity contribution in [1.29, 1.82) is 0 Å². The van der Waals surface area contributed by atoms with Crippen molar-refractivity contribution in [3.05, 3.63) is 23.8 Å². The molecule has 4 aliphatic carbocycles. The summed E-state index contributed by atoms with van der Waals surface area (Å²) in [6.45, 7) is 8.70. The quantitative estimate of drug-likeness (QED) is 0.728. The first-order chi connectivity index (χ1) is 12.2. The zero-order valence-electron chi connectivity index (χ0n) is 16.1. The average molecular weight is 358 g/mol. The summed E-state index contributed by atoms with van der Waals surface area (Å²) < 4.78 is 4.97. The minimum atomic E-state index is -1.38. The van der Waals surface area contributed by atoms with Crippen LogP contribution in [0.25, 0.3) is 0 Å². The molecular weight excluding hydrogens is 328 g/mol. The molecule has 6 atom stereocenters. The molecule has 4 aliphatic rings. The van der Waals surface area contributed by atoms with Crippen molar-refractivity contribution in [3.63, 3.8) is 0 Å². The van der Waals surface area contributed by atoms with Crippen molar-refractivity contribution in [2.24, 2.45) is 28.6 Å². The SMILES string of the molecule is C=C1C[C@@H]2[C@@H](CC[C@@]3(C)[C@H]2CCC3(O)C(=O)OC)[C@@]2(C)CCC(=O)C=C12. The van der Waals surface area contributed by atoms with Crippen LogP contribution in [-0.2, 0) is 14.3 Å². The van der Waals surface area contributed by atoms with Gasteiger partial charge >= 0.3 is 5.97 Å². The molecule has 1 N–H and O–H groups in total. The van der Waals surface area contributed by atoms with E-state index in [2.05, 4.69) is 20.4 Å². The van der Waals surface area contributed by atoms with Gasteiger partial charge in [-0.25, -0.2) is 4.79 Å². The van der Waals surface area contributed by atoms with Crippen LogP contribution in [-0.4, -0.2) is 29.6 Å². The number of hydrogen-bond acceptors (Lipinski definition) is 4. The second-order valence-electron chi connectivity index (χ2n) is 9.47. The Balaban J connectivity index is 1.73. The molecule has 4 nitrogen and oxygen atoms in total. The van der Waals surface area contributed by atoms with E-state index in [4.69, 9.17) is 4.74 Å². The fraction of sp³-hybridized carbons (Fsp3) is 0.727. The standard InChI is InChI=1S/C22H30O4/c1-13-11-15-16(20(2)8-5-14(23)12-18(13)20)6-9-21(3)17(15)7-10-22(21,25)19(24)26-4/h12,15-17,25H,1,5-11H2,2-4H3/t15-,16-,17+,20-,21+,22?/m1/s1. The molecule has 0 aromatic heterocycles. The van der Waals surface area contributed by atoms with Gasteiger partial charge in [0.25, 0.3) is 0 Å². The molecule has 142 valence electrons. The van der Waals surface area contributed by atoms with Crippen LogP contribution in [0.15, 0.2) is 23.8 Å². The third-order valence-electron chi connectivity index (χ3n) is 8.60. The maximum atomic E-state index is 12.4. The number of rotatable bonds is 1. The van der Waals surface area contributed by atoms with Gasteiger partial charge in [-0.3, -0.25) is 4.79 Å². The summed E-state index contributed by atoms with van der Waals surface area (Å²) in [7, 11) is 1.36. The molecule has 3 fully saturated rings. The van der Waals surface area contributed by atoms with Crippen molar-refractivity contribution in [3.8, 4) is 0 Å². The third-order valence-corrected chi connectivity index (χ3v) is 8.60. The normalized spacial score (nSPS) is 47.5. The van der Waals surface area contributed by atoms with Gasteiger partial charge in [0.2, 0.25) is 0 Å². The summed E-state index contributed by atoms with van der Waals surface area (Å²) in [5.41, 5.74) is 0.433. The Morgan fingerprint density at radius 1 is 1.23 bits per heavy atom. The summed E-state index contributed by atoms with van der Waals surface area (Å²) in [5, 5.41) is 11.2. The number of fused-ring (bicyclic) bond motifs is 5. The molecule has 0 aliphatic heterocycles. The van der Waals surface area contributed by atoms with Crippen molar-refractivity contribution in [2.45, 2.75) is 64.4 Å². The zero-order chi connectivity index (χ0) is 18.9. The van der Waals surface area contributed by atoms with Gasteiger partial charge in [0.1, 0.15) is 0 Å². The van der Waals surface area contributed by atoms with Crippen molar-refractivity contribution < 1.29 is 19.4 Å². The van der Waals surface area contributed by atoms with Gasteiger partial charge in [0, 0.05) is 11.8 Å². The minimum Gasteiger partial charge on any atom is -0.467 e. The molecule has 1 unspecified atom stereocenters. The van der Waals surface area contributed by atoms with Crippen LogP contribution in [0.2, 0.25) is 0 Å². The number of methoxy groups -OCH3 is 1. The molecule has 0 bridgehead atoms. The van der Waals surface area contributed by atoms with E-state index in [0.29, 0.717) is 24.7 Å². The molecule has 3 saturated carbocycles. The Labute approximate surface area is 155 Å². The lowest BCUT2D eigenvalue weighted by molar-refractivity contribution is -0.184. The molecule has 0 amide bonds. The summed E-state index contributed by atoms with van der Waals surface area (Å²) in [5.74, 6) is 0.933.